The van der Waals surface area contributed by atoms with Gasteiger partial charge in [0.25, 0.3) is 0 Å². The van der Waals surface area contributed by atoms with E-state index < -0.39 is 47.4 Å². The number of fused-ring (bicyclic) bond motifs is 1. The lowest BCUT2D eigenvalue weighted by atomic mass is 10.1. The number of carbonyl (C=O) groups is 3. The van der Waals surface area contributed by atoms with E-state index in [1.807, 2.05) is 0 Å². The van der Waals surface area contributed by atoms with Crippen molar-refractivity contribution < 1.29 is 32.3 Å². The lowest BCUT2D eigenvalue weighted by Crippen LogP contribution is -2.41. The van der Waals surface area contributed by atoms with Crippen LogP contribution < -0.4 is 0 Å². The molecule has 0 saturated carbocycles. The molecule has 0 radical (unpaired) electrons. The van der Waals surface area contributed by atoms with E-state index in [2.05, 4.69) is 4.74 Å². The second-order valence-corrected chi connectivity index (χ2v) is 8.42. The van der Waals surface area contributed by atoms with Crippen molar-refractivity contribution in [2.75, 3.05) is 26.3 Å². The fraction of sp³-hybridized carbons (Fsp3) is 0.316. The average Bonchev–Trinajstić information content (AvgIpc) is 2.65. The number of ether oxygens (including phenoxy) is 2. The fourth-order valence-corrected chi connectivity index (χ4v) is 4.09. The highest BCUT2D eigenvalue weighted by molar-refractivity contribution is 7.89. The number of sulfonamides is 1. The first-order valence-corrected chi connectivity index (χ1v) is 10.5. The maximum absolute atomic E-state index is 13.1. The van der Waals surface area contributed by atoms with Crippen molar-refractivity contribution in [3.8, 4) is 0 Å². The van der Waals surface area contributed by atoms with Gasteiger partial charge in [0.05, 0.1) is 18.0 Å². The van der Waals surface area contributed by atoms with Gasteiger partial charge in [-0.15, -0.1) is 0 Å². The third-order valence-electron chi connectivity index (χ3n) is 3.81. The molecule has 2 rings (SSSR count). The highest BCUT2D eigenvalue weighted by Gasteiger charge is 2.29. The molecule has 0 amide bonds. The van der Waals surface area contributed by atoms with Gasteiger partial charge in [0.15, 0.2) is 12.4 Å². The summed E-state index contributed by atoms with van der Waals surface area (Å²) in [6.07, 6.45) is 0. The van der Waals surface area contributed by atoms with E-state index >= 15 is 0 Å². The van der Waals surface area contributed by atoms with Gasteiger partial charge in [0.2, 0.25) is 10.0 Å². The molecule has 0 bridgehead atoms. The SMILES string of the molecule is CCOC(=O)CN(CC(=O)COC(C)=O)S(=O)(=O)c1ccc2cc(Cl)ccc2c1. The highest BCUT2D eigenvalue weighted by atomic mass is 35.5. The molecule has 0 atom stereocenters. The molecule has 0 aromatic heterocycles. The van der Waals surface area contributed by atoms with Crippen LogP contribution in [0.15, 0.2) is 41.3 Å². The number of carbonyl (C=O) groups excluding carboxylic acids is 3. The number of hydrogen-bond donors (Lipinski definition) is 0. The van der Waals surface area contributed by atoms with Gasteiger partial charge in [0.1, 0.15) is 6.54 Å². The van der Waals surface area contributed by atoms with Crippen LogP contribution in [0.4, 0.5) is 0 Å². The van der Waals surface area contributed by atoms with Gasteiger partial charge in [-0.3, -0.25) is 14.4 Å². The second-order valence-electron chi connectivity index (χ2n) is 6.05. The van der Waals surface area contributed by atoms with Gasteiger partial charge in [-0.1, -0.05) is 23.7 Å². The minimum Gasteiger partial charge on any atom is -0.465 e. The summed E-state index contributed by atoms with van der Waals surface area (Å²) in [5, 5.41) is 1.87. The lowest BCUT2D eigenvalue weighted by molar-refractivity contribution is -0.147. The molecule has 2 aromatic rings. The van der Waals surface area contributed by atoms with Crippen LogP contribution in [0.3, 0.4) is 0 Å². The Hall–Kier alpha value is -2.49. The maximum atomic E-state index is 13.1. The van der Waals surface area contributed by atoms with Crippen molar-refractivity contribution in [1.82, 2.24) is 4.31 Å². The number of ketones is 1. The van der Waals surface area contributed by atoms with Gasteiger partial charge in [-0.2, -0.15) is 4.31 Å². The van der Waals surface area contributed by atoms with Crippen LogP contribution in [0.25, 0.3) is 10.8 Å². The van der Waals surface area contributed by atoms with E-state index in [-0.39, 0.29) is 11.5 Å². The third-order valence-corrected chi connectivity index (χ3v) is 5.83. The molecule has 0 spiro atoms. The van der Waals surface area contributed by atoms with E-state index in [9.17, 15) is 22.8 Å². The Morgan fingerprint density at radius 3 is 2.31 bits per heavy atom. The Balaban J connectivity index is 2.35. The van der Waals surface area contributed by atoms with E-state index in [0.717, 1.165) is 12.3 Å². The minimum absolute atomic E-state index is 0.0604. The Labute approximate surface area is 173 Å². The normalized spacial score (nSPS) is 11.4. The summed E-state index contributed by atoms with van der Waals surface area (Å²) in [7, 11) is -4.21. The second kappa shape index (κ2) is 9.82. The molecule has 0 aliphatic heterocycles. The minimum atomic E-state index is -4.21. The van der Waals surface area contributed by atoms with Gasteiger partial charge >= 0.3 is 11.9 Å². The van der Waals surface area contributed by atoms with Crippen LogP contribution >= 0.6 is 11.6 Å². The molecule has 156 valence electrons. The lowest BCUT2D eigenvalue weighted by Gasteiger charge is -2.21. The zero-order valence-corrected chi connectivity index (χ0v) is 17.5. The standard InChI is InChI=1S/C19H20ClNO7S/c1-3-27-19(24)11-21(10-17(23)12-28-13(2)22)29(25,26)18-7-5-14-8-16(20)6-4-15(14)9-18/h4-9H,3,10-12H2,1-2H3. The van der Waals surface area contributed by atoms with E-state index in [1.54, 1.807) is 31.2 Å². The van der Waals surface area contributed by atoms with Crippen LogP contribution in [0.2, 0.25) is 5.02 Å². The van der Waals surface area contributed by atoms with Gasteiger partial charge < -0.3 is 9.47 Å². The quantitative estimate of drug-likeness (QED) is 0.549. The number of Topliss-reactive ketones (excluding diaryl/α,β-unsaturated/α-hetero) is 1. The number of nitrogens with zero attached hydrogens (tertiary/aromatic N) is 1. The van der Waals surface area contributed by atoms with Crippen molar-refractivity contribution >= 4 is 50.1 Å². The molecule has 10 heteroatoms. The predicted octanol–water partition coefficient (Wildman–Crippen LogP) is 2.18. The summed E-state index contributed by atoms with van der Waals surface area (Å²) in [5.74, 6) is -2.16. The van der Waals surface area contributed by atoms with Crippen LogP contribution in [-0.2, 0) is 33.9 Å². The third kappa shape index (κ3) is 6.25. The van der Waals surface area contributed by atoms with Gasteiger partial charge in [-0.25, -0.2) is 8.42 Å². The molecule has 0 aliphatic carbocycles. The zero-order valence-electron chi connectivity index (χ0n) is 15.9. The Kier molecular flexibility index (Phi) is 7.72. The molecular weight excluding hydrogens is 422 g/mol. The Bertz CT molecular complexity index is 1040. The summed E-state index contributed by atoms with van der Waals surface area (Å²) in [6, 6.07) is 9.35. The molecule has 0 fully saturated rings. The van der Waals surface area contributed by atoms with Crippen LogP contribution in [0.5, 0.6) is 0 Å². The molecule has 0 saturated heterocycles. The first kappa shape index (κ1) is 22.8. The topological polar surface area (TPSA) is 107 Å². The van der Waals surface area contributed by atoms with E-state index in [0.29, 0.717) is 14.7 Å². The van der Waals surface area contributed by atoms with Crippen molar-refractivity contribution in [3.05, 3.63) is 41.4 Å². The summed E-state index contributed by atoms with van der Waals surface area (Å²) in [5.41, 5.74) is 0. The van der Waals surface area contributed by atoms with E-state index in [1.165, 1.54) is 12.1 Å². The van der Waals surface area contributed by atoms with E-state index in [4.69, 9.17) is 16.3 Å². The molecule has 8 nitrogen and oxygen atoms in total. The summed E-state index contributed by atoms with van der Waals surface area (Å²) >= 11 is 5.94. The molecular formula is C19H20ClNO7S. The molecule has 0 heterocycles. The van der Waals surface area contributed by atoms with Crippen LogP contribution in [-0.4, -0.2) is 56.7 Å². The number of halogens is 1. The Morgan fingerprint density at radius 1 is 1.00 bits per heavy atom. The summed E-state index contributed by atoms with van der Waals surface area (Å²) < 4.78 is 36.3. The number of benzene rings is 2. The molecule has 29 heavy (non-hydrogen) atoms. The number of rotatable bonds is 9. The molecule has 2 aromatic carbocycles. The van der Waals surface area contributed by atoms with Crippen molar-refractivity contribution in [1.29, 1.82) is 0 Å². The summed E-state index contributed by atoms with van der Waals surface area (Å²) in [6.45, 7) is 0.873. The predicted molar refractivity (Wildman–Crippen MR) is 106 cm³/mol. The average molecular weight is 442 g/mol. The number of esters is 2. The van der Waals surface area contributed by atoms with Crippen LogP contribution in [0.1, 0.15) is 13.8 Å². The first-order chi connectivity index (χ1) is 13.6. The van der Waals surface area contributed by atoms with Crippen molar-refractivity contribution in [2.24, 2.45) is 0 Å². The zero-order chi connectivity index (χ0) is 21.6. The smallest absolute Gasteiger partial charge is 0.321 e. The molecule has 0 aliphatic rings. The van der Waals surface area contributed by atoms with Crippen LogP contribution in [0, 0.1) is 0 Å². The maximum Gasteiger partial charge on any atom is 0.321 e. The fourth-order valence-electron chi connectivity index (χ4n) is 2.51. The largest absolute Gasteiger partial charge is 0.465 e. The van der Waals surface area contributed by atoms with Gasteiger partial charge in [-0.05, 0) is 42.0 Å². The molecule has 0 unspecified atom stereocenters. The highest BCUT2D eigenvalue weighted by Crippen LogP contribution is 2.24. The van der Waals surface area contributed by atoms with Crippen molar-refractivity contribution in [3.63, 3.8) is 0 Å². The monoisotopic (exact) mass is 441 g/mol. The van der Waals surface area contributed by atoms with Crippen molar-refractivity contribution in [2.45, 2.75) is 18.7 Å². The Morgan fingerprint density at radius 2 is 1.66 bits per heavy atom. The summed E-state index contributed by atoms with van der Waals surface area (Å²) in [4.78, 5) is 34.7. The van der Waals surface area contributed by atoms with Gasteiger partial charge in [0, 0.05) is 11.9 Å². The molecule has 0 N–H and O–H groups in total. The number of hydrogen-bond acceptors (Lipinski definition) is 7. The first-order valence-electron chi connectivity index (χ1n) is 8.63.